The van der Waals surface area contributed by atoms with Crippen LogP contribution in [0.25, 0.3) is 0 Å². The van der Waals surface area contributed by atoms with E-state index < -0.39 is 0 Å². The van der Waals surface area contributed by atoms with E-state index in [1.807, 2.05) is 11.8 Å². The van der Waals surface area contributed by atoms with Gasteiger partial charge in [0.15, 0.2) is 0 Å². The van der Waals surface area contributed by atoms with Gasteiger partial charge in [-0.15, -0.1) is 11.8 Å². The van der Waals surface area contributed by atoms with Crippen LogP contribution in [0.5, 0.6) is 0 Å². The molecular weight excluding hydrogens is 116 g/mol. The molecule has 0 fully saturated rings. The highest BCUT2D eigenvalue weighted by Crippen LogP contribution is 2.29. The number of hydrogen-bond acceptors (Lipinski definition) is 1. The highest BCUT2D eigenvalue weighted by molar-refractivity contribution is 8.03. The zero-order chi connectivity index (χ0) is 5.98. The highest BCUT2D eigenvalue weighted by atomic mass is 32.2. The summed E-state index contributed by atoms with van der Waals surface area (Å²) in [6, 6.07) is 0. The minimum Gasteiger partial charge on any atom is -0.130 e. The predicted octanol–water partition coefficient (Wildman–Crippen LogP) is 2.66. The van der Waals surface area contributed by atoms with Crippen LogP contribution in [0.3, 0.4) is 0 Å². The van der Waals surface area contributed by atoms with Crippen molar-refractivity contribution in [1.82, 2.24) is 0 Å². The first kappa shape index (κ1) is 6.21. The molecule has 0 saturated heterocycles. The number of thioether (sulfide) groups is 1. The summed E-state index contributed by atoms with van der Waals surface area (Å²) in [5, 5.41) is 3.08. The highest BCUT2D eigenvalue weighted by Gasteiger charge is 2.13. The van der Waals surface area contributed by atoms with Crippen LogP contribution in [0.15, 0.2) is 11.5 Å². The molecule has 1 aliphatic rings. The van der Waals surface area contributed by atoms with Gasteiger partial charge in [-0.1, -0.05) is 19.9 Å². The van der Waals surface area contributed by atoms with Crippen molar-refractivity contribution in [1.29, 1.82) is 0 Å². The monoisotopic (exact) mass is 128 g/mol. The molecule has 46 valence electrons. The molecule has 0 nitrogen and oxygen atoms in total. The summed E-state index contributed by atoms with van der Waals surface area (Å²) in [5.41, 5.74) is 0. The molecule has 0 aromatic carbocycles. The van der Waals surface area contributed by atoms with E-state index in [9.17, 15) is 0 Å². The fraction of sp³-hybridized carbons (Fsp3) is 0.714. The molecule has 0 aromatic heterocycles. The van der Waals surface area contributed by atoms with Crippen LogP contribution in [0, 0.1) is 5.92 Å². The van der Waals surface area contributed by atoms with Gasteiger partial charge in [-0.25, -0.2) is 0 Å². The Kier molecular flexibility index (Phi) is 2.01. The average molecular weight is 128 g/mol. The lowest BCUT2D eigenvalue weighted by Gasteiger charge is -2.10. The van der Waals surface area contributed by atoms with Crippen molar-refractivity contribution in [2.24, 2.45) is 5.92 Å². The van der Waals surface area contributed by atoms with Crippen molar-refractivity contribution in [3.05, 3.63) is 11.5 Å². The summed E-state index contributed by atoms with van der Waals surface area (Å²) in [4.78, 5) is 0. The van der Waals surface area contributed by atoms with Crippen LogP contribution in [0.2, 0.25) is 0 Å². The van der Waals surface area contributed by atoms with Gasteiger partial charge in [0, 0.05) is 5.25 Å². The molecule has 0 aliphatic carbocycles. The Morgan fingerprint density at radius 1 is 1.62 bits per heavy atom. The van der Waals surface area contributed by atoms with E-state index in [0.29, 0.717) is 0 Å². The Morgan fingerprint density at radius 2 is 2.38 bits per heavy atom. The van der Waals surface area contributed by atoms with Gasteiger partial charge in [0.2, 0.25) is 0 Å². The molecule has 1 heteroatoms. The van der Waals surface area contributed by atoms with Gasteiger partial charge in [0.05, 0.1) is 0 Å². The molecule has 0 N–H and O–H groups in total. The van der Waals surface area contributed by atoms with Crippen molar-refractivity contribution in [3.8, 4) is 0 Å². The molecular formula is C7H12S. The van der Waals surface area contributed by atoms with Crippen LogP contribution in [-0.2, 0) is 0 Å². The molecule has 1 aliphatic heterocycles. The Labute approximate surface area is 55.4 Å². The van der Waals surface area contributed by atoms with E-state index in [1.54, 1.807) is 0 Å². The van der Waals surface area contributed by atoms with Crippen molar-refractivity contribution < 1.29 is 0 Å². The second-order valence-corrected chi connectivity index (χ2v) is 3.68. The van der Waals surface area contributed by atoms with Crippen LogP contribution in [-0.4, -0.2) is 5.25 Å². The Morgan fingerprint density at radius 3 is 2.62 bits per heavy atom. The maximum Gasteiger partial charge on any atom is 0.0146 e. The molecule has 0 amide bonds. The van der Waals surface area contributed by atoms with Gasteiger partial charge >= 0.3 is 0 Å². The third kappa shape index (κ3) is 1.28. The van der Waals surface area contributed by atoms with E-state index in [2.05, 4.69) is 25.3 Å². The van der Waals surface area contributed by atoms with Crippen LogP contribution < -0.4 is 0 Å². The normalized spacial score (nSPS) is 27.6. The minimum absolute atomic E-state index is 0.843. The third-order valence-corrected chi connectivity index (χ3v) is 2.90. The molecule has 0 spiro atoms. The quantitative estimate of drug-likeness (QED) is 0.523. The van der Waals surface area contributed by atoms with E-state index in [4.69, 9.17) is 0 Å². The summed E-state index contributed by atoms with van der Waals surface area (Å²) in [6.45, 7) is 4.56. The standard InChI is InChI=1S/C7H12S/c1-6(2)7-4-3-5-8-7/h3,5-7H,4H2,1-2H3. The molecule has 0 aromatic rings. The van der Waals surface area contributed by atoms with Crippen molar-refractivity contribution in [2.45, 2.75) is 25.5 Å². The fourth-order valence-electron chi connectivity index (χ4n) is 0.831. The van der Waals surface area contributed by atoms with Crippen molar-refractivity contribution in [2.75, 3.05) is 0 Å². The smallest absolute Gasteiger partial charge is 0.0146 e. The SMILES string of the molecule is CC(C)C1CC=CS1. The summed E-state index contributed by atoms with van der Waals surface area (Å²) in [5.74, 6) is 0.843. The summed E-state index contributed by atoms with van der Waals surface area (Å²) in [7, 11) is 0. The number of allylic oxidation sites excluding steroid dienone is 1. The zero-order valence-electron chi connectivity index (χ0n) is 5.42. The minimum atomic E-state index is 0.843. The summed E-state index contributed by atoms with van der Waals surface area (Å²) < 4.78 is 0. The average Bonchev–Trinajstić information content (AvgIpc) is 2.12. The first-order chi connectivity index (χ1) is 3.80. The van der Waals surface area contributed by atoms with E-state index in [-0.39, 0.29) is 0 Å². The fourth-order valence-corrected chi connectivity index (χ4v) is 1.79. The molecule has 1 rings (SSSR count). The van der Waals surface area contributed by atoms with Crippen LogP contribution >= 0.6 is 11.8 Å². The maximum absolute atomic E-state index is 2.28. The zero-order valence-corrected chi connectivity index (χ0v) is 6.24. The topological polar surface area (TPSA) is 0 Å². The summed E-state index contributed by atoms with van der Waals surface area (Å²) >= 11 is 1.97. The number of hydrogen-bond donors (Lipinski definition) is 0. The number of rotatable bonds is 1. The van der Waals surface area contributed by atoms with Gasteiger partial charge in [0.25, 0.3) is 0 Å². The lowest BCUT2D eigenvalue weighted by atomic mass is 10.1. The van der Waals surface area contributed by atoms with Crippen LogP contribution in [0.1, 0.15) is 20.3 Å². The lowest BCUT2D eigenvalue weighted by molar-refractivity contribution is 0.618. The first-order valence-corrected chi connectivity index (χ1v) is 4.05. The second-order valence-electron chi connectivity index (χ2n) is 2.53. The van der Waals surface area contributed by atoms with Crippen molar-refractivity contribution in [3.63, 3.8) is 0 Å². The third-order valence-electron chi connectivity index (χ3n) is 1.46. The van der Waals surface area contributed by atoms with Gasteiger partial charge in [-0.3, -0.25) is 0 Å². The van der Waals surface area contributed by atoms with Gasteiger partial charge in [-0.2, -0.15) is 0 Å². The molecule has 0 bridgehead atoms. The predicted molar refractivity (Wildman–Crippen MR) is 40.0 cm³/mol. The second kappa shape index (κ2) is 2.58. The molecule has 1 atom stereocenters. The Hall–Kier alpha value is 0.0900. The van der Waals surface area contributed by atoms with E-state index in [0.717, 1.165) is 11.2 Å². The van der Waals surface area contributed by atoms with E-state index >= 15 is 0 Å². The first-order valence-electron chi connectivity index (χ1n) is 3.11. The van der Waals surface area contributed by atoms with Gasteiger partial charge < -0.3 is 0 Å². The Balaban J connectivity index is 2.29. The summed E-state index contributed by atoms with van der Waals surface area (Å²) in [6.07, 6.45) is 3.54. The van der Waals surface area contributed by atoms with Crippen LogP contribution in [0.4, 0.5) is 0 Å². The van der Waals surface area contributed by atoms with Gasteiger partial charge in [-0.05, 0) is 17.7 Å². The molecule has 0 radical (unpaired) electrons. The van der Waals surface area contributed by atoms with E-state index in [1.165, 1.54) is 6.42 Å². The maximum atomic E-state index is 2.28. The molecule has 8 heavy (non-hydrogen) atoms. The molecule has 1 unspecified atom stereocenters. The molecule has 1 heterocycles. The molecule has 0 saturated carbocycles. The largest absolute Gasteiger partial charge is 0.130 e. The Bertz CT molecular complexity index is 86.6. The van der Waals surface area contributed by atoms with Crippen molar-refractivity contribution >= 4 is 11.8 Å². The van der Waals surface area contributed by atoms with Gasteiger partial charge in [0.1, 0.15) is 0 Å². The lowest BCUT2D eigenvalue weighted by Crippen LogP contribution is -2.05.